The molecule has 3 aliphatic carbocycles. The average Bonchev–Trinajstić information content (AvgIpc) is 3.16. The smallest absolute Gasteiger partial charge is 0.142 e. The first-order valence-electron chi connectivity index (χ1n) is 10.1. The van der Waals surface area contributed by atoms with E-state index in [9.17, 15) is 9.90 Å². The lowest BCUT2D eigenvalue weighted by atomic mass is 9.63. The Balaban J connectivity index is 1.49. The highest BCUT2D eigenvalue weighted by atomic mass is 16.5. The molecule has 1 aromatic rings. The van der Waals surface area contributed by atoms with Gasteiger partial charge in [0.2, 0.25) is 0 Å². The summed E-state index contributed by atoms with van der Waals surface area (Å²) in [5.41, 5.74) is -0.227. The van der Waals surface area contributed by atoms with E-state index in [0.29, 0.717) is 18.8 Å². The Hall–Kier alpha value is -1.39. The highest BCUT2D eigenvalue weighted by Gasteiger charge is 2.67. The Labute approximate surface area is 155 Å². The Morgan fingerprint density at radius 1 is 1.08 bits per heavy atom. The Morgan fingerprint density at radius 2 is 1.88 bits per heavy atom. The van der Waals surface area contributed by atoms with Gasteiger partial charge < -0.3 is 14.6 Å². The molecule has 1 spiro atoms. The molecule has 0 aliphatic heterocycles. The molecular formula is C22H30O4. The lowest BCUT2D eigenvalue weighted by Crippen LogP contribution is -2.52. The summed E-state index contributed by atoms with van der Waals surface area (Å²) < 4.78 is 11.5. The van der Waals surface area contributed by atoms with Gasteiger partial charge in [-0.3, -0.25) is 4.79 Å². The highest BCUT2D eigenvalue weighted by Crippen LogP contribution is 2.63. The number of benzene rings is 1. The number of hydrogen-bond donors (Lipinski definition) is 1. The van der Waals surface area contributed by atoms with Crippen molar-refractivity contribution in [1.29, 1.82) is 0 Å². The number of methoxy groups -OCH3 is 1. The minimum atomic E-state index is -0.798. The third-order valence-corrected chi connectivity index (χ3v) is 7.22. The molecule has 0 amide bonds. The maximum atomic E-state index is 13.1. The van der Waals surface area contributed by atoms with Crippen LogP contribution >= 0.6 is 0 Å². The van der Waals surface area contributed by atoms with Gasteiger partial charge in [-0.2, -0.15) is 0 Å². The van der Waals surface area contributed by atoms with Gasteiger partial charge >= 0.3 is 0 Å². The molecule has 4 rings (SSSR count). The van der Waals surface area contributed by atoms with Crippen molar-refractivity contribution in [1.82, 2.24) is 0 Å². The van der Waals surface area contributed by atoms with Crippen LogP contribution in [-0.4, -0.2) is 29.7 Å². The first kappa shape index (κ1) is 18.0. The van der Waals surface area contributed by atoms with Crippen LogP contribution in [0, 0.1) is 11.3 Å². The largest absolute Gasteiger partial charge is 0.497 e. The van der Waals surface area contributed by atoms with Crippen molar-refractivity contribution >= 4 is 5.78 Å². The zero-order chi connectivity index (χ0) is 18.2. The molecule has 3 fully saturated rings. The van der Waals surface area contributed by atoms with Crippen molar-refractivity contribution in [2.45, 2.75) is 76.1 Å². The van der Waals surface area contributed by atoms with Crippen LogP contribution in [0.1, 0.15) is 63.4 Å². The third kappa shape index (κ3) is 2.78. The van der Waals surface area contributed by atoms with Crippen LogP contribution in [0.15, 0.2) is 24.3 Å². The molecule has 4 atom stereocenters. The zero-order valence-electron chi connectivity index (χ0n) is 15.7. The van der Waals surface area contributed by atoms with Gasteiger partial charge in [0.05, 0.1) is 30.8 Å². The number of ketones is 1. The van der Waals surface area contributed by atoms with E-state index >= 15 is 0 Å². The van der Waals surface area contributed by atoms with Gasteiger partial charge in [-0.05, 0) is 56.2 Å². The van der Waals surface area contributed by atoms with Crippen molar-refractivity contribution in [3.8, 4) is 5.75 Å². The van der Waals surface area contributed by atoms with Gasteiger partial charge in [-0.15, -0.1) is 0 Å². The minimum Gasteiger partial charge on any atom is -0.497 e. The van der Waals surface area contributed by atoms with Crippen LogP contribution < -0.4 is 4.74 Å². The van der Waals surface area contributed by atoms with Crippen molar-refractivity contribution in [2.75, 3.05) is 7.11 Å². The number of aliphatic hydroxyl groups is 1. The van der Waals surface area contributed by atoms with Gasteiger partial charge in [-0.25, -0.2) is 0 Å². The maximum absolute atomic E-state index is 13.1. The van der Waals surface area contributed by atoms with E-state index in [1.807, 2.05) is 24.3 Å². The molecule has 1 aromatic carbocycles. The second-order valence-corrected chi connectivity index (χ2v) is 8.37. The lowest BCUT2D eigenvalue weighted by Gasteiger charge is -2.43. The monoisotopic (exact) mass is 358 g/mol. The quantitative estimate of drug-likeness (QED) is 0.883. The van der Waals surface area contributed by atoms with E-state index in [4.69, 9.17) is 9.47 Å². The average molecular weight is 358 g/mol. The predicted molar refractivity (Wildman–Crippen MR) is 99.0 cm³/mol. The molecule has 0 heterocycles. The zero-order valence-corrected chi connectivity index (χ0v) is 15.7. The van der Waals surface area contributed by atoms with Crippen molar-refractivity contribution in [3.05, 3.63) is 29.8 Å². The van der Waals surface area contributed by atoms with E-state index < -0.39 is 11.0 Å². The van der Waals surface area contributed by atoms with Crippen LogP contribution in [0.4, 0.5) is 0 Å². The summed E-state index contributed by atoms with van der Waals surface area (Å²) >= 11 is 0. The van der Waals surface area contributed by atoms with Crippen molar-refractivity contribution in [2.24, 2.45) is 11.3 Å². The number of ether oxygens (including phenoxy) is 2. The Bertz CT molecular complexity index is 655. The number of carbonyl (C=O) groups excluding carboxylic acids is 1. The number of hydrogen-bond acceptors (Lipinski definition) is 4. The number of rotatable bonds is 4. The van der Waals surface area contributed by atoms with E-state index in [1.165, 1.54) is 0 Å². The molecule has 26 heavy (non-hydrogen) atoms. The Kier molecular flexibility index (Phi) is 4.83. The molecule has 0 radical (unpaired) electrons. The van der Waals surface area contributed by atoms with Gasteiger partial charge in [0.25, 0.3) is 0 Å². The normalized spacial score (nSPS) is 36.9. The van der Waals surface area contributed by atoms with Crippen LogP contribution in [0.25, 0.3) is 0 Å². The summed E-state index contributed by atoms with van der Waals surface area (Å²) in [4.78, 5) is 13.1. The summed E-state index contributed by atoms with van der Waals surface area (Å²) in [5.74, 6) is 1.32. The number of carbonyl (C=O) groups is 1. The molecule has 0 unspecified atom stereocenters. The molecular weight excluding hydrogens is 328 g/mol. The van der Waals surface area contributed by atoms with Crippen molar-refractivity contribution in [3.63, 3.8) is 0 Å². The second kappa shape index (κ2) is 6.97. The summed E-state index contributed by atoms with van der Waals surface area (Å²) in [5, 5.41) is 11.4. The molecule has 0 saturated heterocycles. The first-order chi connectivity index (χ1) is 12.6. The van der Waals surface area contributed by atoms with Crippen LogP contribution in [0.3, 0.4) is 0 Å². The lowest BCUT2D eigenvalue weighted by molar-refractivity contribution is -0.152. The predicted octanol–water partition coefficient (Wildman–Crippen LogP) is 4.03. The molecule has 4 heteroatoms. The van der Waals surface area contributed by atoms with E-state index in [1.54, 1.807) is 7.11 Å². The van der Waals surface area contributed by atoms with Gasteiger partial charge in [0, 0.05) is 12.3 Å². The maximum Gasteiger partial charge on any atom is 0.142 e. The minimum absolute atomic E-state index is 0.0782. The van der Waals surface area contributed by atoms with Crippen LogP contribution in [0.5, 0.6) is 5.75 Å². The van der Waals surface area contributed by atoms with Crippen LogP contribution in [-0.2, 0) is 16.1 Å². The van der Waals surface area contributed by atoms with E-state index in [-0.39, 0.29) is 12.0 Å². The second-order valence-electron chi connectivity index (χ2n) is 8.37. The van der Waals surface area contributed by atoms with Crippen molar-refractivity contribution < 1.29 is 19.4 Å². The SMILES string of the molecule is COc1ccc(CO[C@H]2CC[C@@]34C(=O)CCCCC[C@]3(O)CC[C@@H]24)cc1. The highest BCUT2D eigenvalue weighted by molar-refractivity contribution is 5.87. The number of Topliss-reactive ketones (excluding diaryl/α,β-unsaturated/α-hetero) is 1. The standard InChI is InChI=1S/C22H30O4/c1-25-17-8-6-16(7-9-17)15-26-19-11-14-22-18(19)10-13-21(22,24)12-4-2-3-5-20(22)23/h6-9,18-19,24H,2-5,10-15H2,1H3/t18-,19-,21-,22+/m0/s1. The third-order valence-electron chi connectivity index (χ3n) is 7.22. The molecule has 3 aliphatic rings. The van der Waals surface area contributed by atoms with Crippen LogP contribution in [0.2, 0.25) is 0 Å². The summed E-state index contributed by atoms with van der Waals surface area (Å²) in [7, 11) is 1.66. The molecule has 0 aromatic heterocycles. The first-order valence-corrected chi connectivity index (χ1v) is 10.1. The molecule has 142 valence electrons. The summed E-state index contributed by atoms with van der Waals surface area (Å²) in [6, 6.07) is 7.94. The molecule has 1 N–H and O–H groups in total. The molecule has 4 nitrogen and oxygen atoms in total. The van der Waals surface area contributed by atoms with Gasteiger partial charge in [0.1, 0.15) is 11.5 Å². The van der Waals surface area contributed by atoms with Gasteiger partial charge in [0.15, 0.2) is 0 Å². The molecule has 3 saturated carbocycles. The Morgan fingerprint density at radius 3 is 2.65 bits per heavy atom. The summed E-state index contributed by atoms with van der Waals surface area (Å²) in [6.07, 6.45) is 7.90. The summed E-state index contributed by atoms with van der Waals surface area (Å²) in [6.45, 7) is 0.549. The topological polar surface area (TPSA) is 55.8 Å². The van der Waals surface area contributed by atoms with E-state index in [0.717, 1.165) is 62.7 Å². The fourth-order valence-corrected chi connectivity index (χ4v) is 5.88. The van der Waals surface area contributed by atoms with E-state index in [2.05, 4.69) is 0 Å². The fraction of sp³-hybridized carbons (Fsp3) is 0.682. The fourth-order valence-electron chi connectivity index (χ4n) is 5.88. The van der Waals surface area contributed by atoms with Gasteiger partial charge in [-0.1, -0.05) is 25.0 Å². The molecule has 0 bridgehead atoms.